The van der Waals surface area contributed by atoms with Gasteiger partial charge in [0.25, 0.3) is 0 Å². The van der Waals surface area contributed by atoms with E-state index in [0.717, 1.165) is 15.7 Å². The minimum Gasteiger partial charge on any atom is -0.378 e. The molecule has 0 aliphatic heterocycles. The van der Waals surface area contributed by atoms with Gasteiger partial charge < -0.3 is 9.88 Å². The number of benzene rings is 1. The van der Waals surface area contributed by atoms with Crippen LogP contribution in [0.1, 0.15) is 18.5 Å². The van der Waals surface area contributed by atoms with E-state index < -0.39 is 0 Å². The van der Waals surface area contributed by atoms with E-state index in [9.17, 15) is 0 Å². The van der Waals surface area contributed by atoms with Gasteiger partial charge in [-0.2, -0.15) is 0 Å². The Bertz CT molecular complexity index is 688. The highest BCUT2D eigenvalue weighted by Gasteiger charge is 2.08. The van der Waals surface area contributed by atoms with Crippen LogP contribution in [0.5, 0.6) is 0 Å². The van der Waals surface area contributed by atoms with Gasteiger partial charge in [-0.3, -0.25) is 0 Å². The van der Waals surface area contributed by atoms with Crippen LogP contribution in [0.3, 0.4) is 0 Å². The molecule has 1 N–H and O–H groups in total. The van der Waals surface area contributed by atoms with Crippen molar-refractivity contribution >= 4 is 28.6 Å². The maximum absolute atomic E-state index is 5.99. The summed E-state index contributed by atoms with van der Waals surface area (Å²) in [6.45, 7) is 2.14. The lowest BCUT2D eigenvalue weighted by molar-refractivity contribution is 0.890. The molecule has 4 heteroatoms. The molecule has 0 saturated heterocycles. The first-order valence-electron chi connectivity index (χ1n) is 6.46. The average molecular weight is 303 g/mol. The van der Waals surface area contributed by atoms with Crippen LogP contribution in [0.15, 0.2) is 60.2 Å². The van der Waals surface area contributed by atoms with Crippen LogP contribution in [0.4, 0.5) is 5.69 Å². The van der Waals surface area contributed by atoms with Gasteiger partial charge in [0.15, 0.2) is 0 Å². The molecule has 3 rings (SSSR count). The van der Waals surface area contributed by atoms with Gasteiger partial charge in [-0.05, 0) is 54.3 Å². The summed E-state index contributed by atoms with van der Waals surface area (Å²) in [5.41, 5.74) is 3.47. The number of hydrogen-bond acceptors (Lipinski definition) is 2. The SMILES string of the molecule is CC(Nc1cccc(-n2cccc2)c1)c1csc(Cl)c1. The highest BCUT2D eigenvalue weighted by molar-refractivity contribution is 7.14. The molecular weight excluding hydrogens is 288 g/mol. The minimum absolute atomic E-state index is 0.235. The van der Waals surface area contributed by atoms with Crippen LogP contribution < -0.4 is 5.32 Å². The van der Waals surface area contributed by atoms with E-state index in [0.29, 0.717) is 0 Å². The summed E-state index contributed by atoms with van der Waals surface area (Å²) in [7, 11) is 0. The van der Waals surface area contributed by atoms with Crippen molar-refractivity contribution in [2.24, 2.45) is 0 Å². The second-order valence-electron chi connectivity index (χ2n) is 4.69. The highest BCUT2D eigenvalue weighted by Crippen LogP contribution is 2.27. The van der Waals surface area contributed by atoms with Gasteiger partial charge >= 0.3 is 0 Å². The van der Waals surface area contributed by atoms with Crippen LogP contribution in [0.25, 0.3) is 5.69 Å². The van der Waals surface area contributed by atoms with E-state index in [4.69, 9.17) is 11.6 Å². The standard InChI is InChI=1S/C16H15ClN2S/c1-12(13-9-16(17)20-11-13)18-14-5-4-6-15(10-14)19-7-2-3-8-19/h2-12,18H,1H3. The lowest BCUT2D eigenvalue weighted by atomic mass is 10.1. The average Bonchev–Trinajstić information content (AvgIpc) is 3.10. The van der Waals surface area contributed by atoms with E-state index >= 15 is 0 Å². The van der Waals surface area contributed by atoms with Crippen LogP contribution >= 0.6 is 22.9 Å². The van der Waals surface area contributed by atoms with Crippen molar-refractivity contribution in [1.82, 2.24) is 4.57 Å². The van der Waals surface area contributed by atoms with Crippen molar-refractivity contribution in [1.29, 1.82) is 0 Å². The van der Waals surface area contributed by atoms with Gasteiger partial charge in [0, 0.05) is 29.8 Å². The third kappa shape index (κ3) is 2.89. The van der Waals surface area contributed by atoms with Crippen molar-refractivity contribution in [3.63, 3.8) is 0 Å². The Morgan fingerprint density at radius 2 is 1.95 bits per heavy atom. The van der Waals surface area contributed by atoms with Crippen molar-refractivity contribution in [3.05, 3.63) is 70.1 Å². The Morgan fingerprint density at radius 1 is 1.15 bits per heavy atom. The molecule has 2 aromatic heterocycles. The molecule has 102 valence electrons. The van der Waals surface area contributed by atoms with Gasteiger partial charge in [0.1, 0.15) is 0 Å². The summed E-state index contributed by atoms with van der Waals surface area (Å²) >= 11 is 7.55. The molecule has 1 aromatic carbocycles. The molecule has 0 spiro atoms. The molecule has 2 heterocycles. The van der Waals surface area contributed by atoms with E-state index in [1.54, 1.807) is 11.3 Å². The largest absolute Gasteiger partial charge is 0.378 e. The molecule has 0 aliphatic rings. The monoisotopic (exact) mass is 302 g/mol. The van der Waals surface area contributed by atoms with E-state index in [1.165, 1.54) is 5.56 Å². The molecule has 20 heavy (non-hydrogen) atoms. The molecule has 0 amide bonds. The van der Waals surface area contributed by atoms with E-state index in [-0.39, 0.29) is 6.04 Å². The molecule has 1 unspecified atom stereocenters. The van der Waals surface area contributed by atoms with Gasteiger partial charge in [0.05, 0.1) is 4.34 Å². The van der Waals surface area contributed by atoms with Crippen molar-refractivity contribution in [2.45, 2.75) is 13.0 Å². The van der Waals surface area contributed by atoms with Gasteiger partial charge in [-0.25, -0.2) is 0 Å². The molecule has 0 radical (unpaired) electrons. The zero-order chi connectivity index (χ0) is 13.9. The number of hydrogen-bond donors (Lipinski definition) is 1. The van der Waals surface area contributed by atoms with E-state index in [1.807, 2.05) is 30.6 Å². The zero-order valence-electron chi connectivity index (χ0n) is 11.1. The molecule has 0 aliphatic carbocycles. The first kappa shape index (κ1) is 13.3. The van der Waals surface area contributed by atoms with Crippen LogP contribution in [0.2, 0.25) is 4.34 Å². The summed E-state index contributed by atoms with van der Waals surface area (Å²) < 4.78 is 2.92. The third-order valence-electron chi connectivity index (χ3n) is 3.22. The second kappa shape index (κ2) is 5.73. The first-order valence-corrected chi connectivity index (χ1v) is 7.72. The predicted molar refractivity (Wildman–Crippen MR) is 87.1 cm³/mol. The van der Waals surface area contributed by atoms with Crippen LogP contribution in [-0.2, 0) is 0 Å². The highest BCUT2D eigenvalue weighted by atomic mass is 35.5. The van der Waals surface area contributed by atoms with Crippen LogP contribution in [-0.4, -0.2) is 4.57 Å². The molecule has 1 atom stereocenters. The number of halogens is 1. The van der Waals surface area contributed by atoms with Gasteiger partial charge in [0.2, 0.25) is 0 Å². The summed E-state index contributed by atoms with van der Waals surface area (Å²) in [6.07, 6.45) is 4.09. The quantitative estimate of drug-likeness (QED) is 0.686. The lowest BCUT2D eigenvalue weighted by Gasteiger charge is -2.15. The predicted octanol–water partition coefficient (Wildman–Crippen LogP) is 5.37. The molecule has 2 nitrogen and oxygen atoms in total. The minimum atomic E-state index is 0.235. The summed E-state index contributed by atoms with van der Waals surface area (Å²) in [5, 5.41) is 5.60. The Hall–Kier alpha value is -1.71. The number of anilines is 1. The Balaban J connectivity index is 1.79. The number of thiophene rings is 1. The fourth-order valence-corrected chi connectivity index (χ4v) is 3.13. The van der Waals surface area contributed by atoms with Crippen molar-refractivity contribution in [2.75, 3.05) is 5.32 Å². The normalized spacial score (nSPS) is 12.3. The number of aromatic nitrogens is 1. The molecule has 3 aromatic rings. The second-order valence-corrected chi connectivity index (χ2v) is 6.23. The molecule has 0 fully saturated rings. The Labute approximate surface area is 127 Å². The zero-order valence-corrected chi connectivity index (χ0v) is 12.7. The maximum Gasteiger partial charge on any atom is 0.0931 e. The first-order chi connectivity index (χ1) is 9.72. The molecule has 0 bridgehead atoms. The van der Waals surface area contributed by atoms with Crippen LogP contribution in [0, 0.1) is 0 Å². The lowest BCUT2D eigenvalue weighted by Crippen LogP contribution is -2.05. The summed E-state index contributed by atoms with van der Waals surface area (Å²) in [4.78, 5) is 0. The summed E-state index contributed by atoms with van der Waals surface area (Å²) in [6, 6.07) is 14.7. The summed E-state index contributed by atoms with van der Waals surface area (Å²) in [5.74, 6) is 0. The Morgan fingerprint density at radius 3 is 2.65 bits per heavy atom. The number of rotatable bonds is 4. The third-order valence-corrected chi connectivity index (χ3v) is 4.33. The molecular formula is C16H15ClN2S. The van der Waals surface area contributed by atoms with Crippen molar-refractivity contribution in [3.8, 4) is 5.69 Å². The fraction of sp³-hybridized carbons (Fsp3) is 0.125. The number of nitrogens with one attached hydrogen (secondary N) is 1. The smallest absolute Gasteiger partial charge is 0.0931 e. The Kier molecular flexibility index (Phi) is 3.81. The fourth-order valence-electron chi connectivity index (χ4n) is 2.15. The van der Waals surface area contributed by atoms with E-state index in [2.05, 4.69) is 46.5 Å². The van der Waals surface area contributed by atoms with Gasteiger partial charge in [-0.1, -0.05) is 17.7 Å². The maximum atomic E-state index is 5.99. The van der Waals surface area contributed by atoms with Gasteiger partial charge in [-0.15, -0.1) is 11.3 Å². The van der Waals surface area contributed by atoms with Crippen molar-refractivity contribution < 1.29 is 0 Å². The number of nitrogens with zero attached hydrogens (tertiary/aromatic N) is 1. The topological polar surface area (TPSA) is 17.0 Å². The molecule has 0 saturated carbocycles.